The molecule has 4 aliphatic heterocycles. The van der Waals surface area contributed by atoms with Gasteiger partial charge in [-0.05, 0) is 406 Å². The molecule has 12 nitrogen and oxygen atoms in total. The number of aliphatic hydroxyl groups excluding tert-OH is 3. The number of rotatable bonds is 19. The van der Waals surface area contributed by atoms with E-state index in [1.165, 1.54) is 135 Å². The average molecular weight is 1860 g/mol. The molecule has 4 saturated heterocycles. The lowest BCUT2D eigenvalue weighted by atomic mass is 9.46. The highest BCUT2D eigenvalue weighted by molar-refractivity contribution is 9.09. The maximum atomic E-state index is 11.5. The van der Waals surface area contributed by atoms with Crippen molar-refractivity contribution in [2.45, 2.75) is 430 Å². The van der Waals surface area contributed by atoms with Crippen molar-refractivity contribution >= 4 is 22.2 Å². The van der Waals surface area contributed by atoms with Crippen LogP contribution in [-0.2, 0) is 23.7 Å². The fourth-order valence-corrected chi connectivity index (χ4v) is 37.2. The van der Waals surface area contributed by atoms with Crippen LogP contribution in [0.15, 0.2) is 46.6 Å². The van der Waals surface area contributed by atoms with Crippen LogP contribution in [0.25, 0.3) is 0 Å². The van der Waals surface area contributed by atoms with E-state index in [0.29, 0.717) is 90.2 Å². The molecule has 7 N–H and O–H groups in total. The molecule has 734 valence electrons. The number of carbonyl (C=O) groups is 1. The zero-order valence-corrected chi connectivity index (χ0v) is 87.2. The van der Waals surface area contributed by atoms with Gasteiger partial charge in [-0.2, -0.15) is 0 Å². The van der Waals surface area contributed by atoms with Crippen LogP contribution >= 0.6 is 15.9 Å². The SMILES string of the molecule is CC1(CBr)COC1.CC[C@]1(O)CC[C@@]2(C)C(=CC[C@H]3[C@@H]4CC[C@H]([C@H](C)C=O)[C@@]4(C)CC[C@@H]32)C1.CC[C@]1(O)CC[C@@]2(C)C(=CC[C@H]3[C@@H]4CC[C@H]([C@H](C)[C@@H](O)CC5(C)COC5)[C@@]4(C)CC[C@@H]32)C1.CC[C@]1(O)CC[C@@]2(C)C(=CC[C@H]3[C@@H]4CC[C@H]([C@H](C)[C@@H](O)CC5(C)COC5)[C@@]4(C)CC[C@@H]32)C1.CC[C@]1(O)CC[C@@]2(C)C(=CC[C@H]3[C@@H]4CC[C@H]([C@H](C)[C@H](O)CC5(C)COC5)[C@@]4(C)CC[C@@H]32)C1. The normalized spacial score (nSPS) is 48.4. The summed E-state index contributed by atoms with van der Waals surface area (Å²) >= 11 is 3.40. The maximum absolute atomic E-state index is 11.5. The van der Waals surface area contributed by atoms with Gasteiger partial charge in [0.25, 0.3) is 0 Å². The molecule has 0 spiro atoms. The molecule has 35 atom stereocenters. The third-order valence-electron chi connectivity index (χ3n) is 46.6. The van der Waals surface area contributed by atoms with Crippen LogP contribution in [0, 0.1) is 183 Å². The molecule has 4 heterocycles. The largest absolute Gasteiger partial charge is 0.393 e. The molecule has 0 unspecified atom stereocenters. The summed E-state index contributed by atoms with van der Waals surface area (Å²) in [6, 6.07) is 0. The predicted octanol–water partition coefficient (Wildman–Crippen LogP) is 25.3. The van der Waals surface area contributed by atoms with Gasteiger partial charge >= 0.3 is 0 Å². The first-order valence-corrected chi connectivity index (χ1v) is 55.8. The Morgan fingerprint density at radius 3 is 0.744 bits per heavy atom. The number of aldehydes is 1. The Balaban J connectivity index is 0.000000123. The van der Waals surface area contributed by atoms with Crippen LogP contribution in [0.2, 0.25) is 0 Å². The van der Waals surface area contributed by atoms with E-state index in [9.17, 15) is 40.5 Å². The minimum Gasteiger partial charge on any atom is -0.393 e. The van der Waals surface area contributed by atoms with Crippen LogP contribution in [-0.4, -0.2) is 141 Å². The first-order chi connectivity index (χ1) is 60.6. The van der Waals surface area contributed by atoms with Gasteiger partial charge < -0.3 is 59.5 Å². The second-order valence-electron chi connectivity index (χ2n) is 54.2. The Morgan fingerprint density at radius 2 is 0.550 bits per heavy atom. The molecule has 16 fully saturated rings. The lowest BCUT2D eigenvalue weighted by Crippen LogP contribution is -2.53. The summed E-state index contributed by atoms with van der Waals surface area (Å²) in [5.41, 5.74) is 8.14. The first-order valence-electron chi connectivity index (χ1n) is 54.7. The highest BCUT2D eigenvalue weighted by Crippen LogP contribution is 2.74. The van der Waals surface area contributed by atoms with E-state index in [-0.39, 0.29) is 40.5 Å². The molecule has 0 aromatic carbocycles. The topological polar surface area (TPSA) is 196 Å². The number of hydrogen-bond donors (Lipinski definition) is 7. The van der Waals surface area contributed by atoms with Crippen molar-refractivity contribution in [1.82, 2.24) is 0 Å². The van der Waals surface area contributed by atoms with Crippen LogP contribution in [0.4, 0.5) is 0 Å². The average Bonchev–Trinajstić information content (AvgIpc) is 1.62. The molecule has 20 rings (SSSR count). The minimum absolute atomic E-state index is 0.185. The van der Waals surface area contributed by atoms with Gasteiger partial charge in [-0.25, -0.2) is 0 Å². The molecule has 0 bridgehead atoms. The van der Waals surface area contributed by atoms with Gasteiger partial charge in [0.2, 0.25) is 0 Å². The van der Waals surface area contributed by atoms with E-state index in [1.54, 1.807) is 22.3 Å². The molecular weight excluding hydrogens is 1670 g/mol. The van der Waals surface area contributed by atoms with Gasteiger partial charge in [0.1, 0.15) is 6.29 Å². The Morgan fingerprint density at radius 1 is 0.326 bits per heavy atom. The van der Waals surface area contributed by atoms with Gasteiger partial charge in [-0.1, -0.05) is 201 Å². The van der Waals surface area contributed by atoms with Crippen LogP contribution in [0.3, 0.4) is 0 Å². The quantitative estimate of drug-likeness (QED) is 0.0368. The number of alkyl halides is 1. The number of aliphatic hydroxyl groups is 7. The Hall–Kier alpha value is -1.33. The molecule has 16 aliphatic carbocycles. The smallest absolute Gasteiger partial charge is 0.123 e. The number of allylic oxidation sites excluding steroid dienone is 4. The van der Waals surface area contributed by atoms with Gasteiger partial charge in [-0.15, -0.1) is 0 Å². The van der Waals surface area contributed by atoms with E-state index >= 15 is 0 Å². The van der Waals surface area contributed by atoms with Crippen LogP contribution in [0.5, 0.6) is 0 Å². The molecule has 0 aromatic rings. The van der Waals surface area contributed by atoms with Gasteiger partial charge in [0, 0.05) is 32.9 Å². The Labute approximate surface area is 794 Å². The maximum Gasteiger partial charge on any atom is 0.123 e. The second kappa shape index (κ2) is 37.0. The van der Waals surface area contributed by atoms with Crippen molar-refractivity contribution in [2.24, 2.45) is 183 Å². The van der Waals surface area contributed by atoms with Gasteiger partial charge in [0.05, 0.1) is 93.6 Å². The lowest BCUT2D eigenvalue weighted by molar-refractivity contribution is -0.133. The Bertz CT molecular complexity index is 3730. The third kappa shape index (κ3) is 18.0. The highest BCUT2D eigenvalue weighted by atomic mass is 79.9. The molecule has 12 saturated carbocycles. The van der Waals surface area contributed by atoms with Crippen molar-refractivity contribution in [1.29, 1.82) is 0 Å². The van der Waals surface area contributed by atoms with Gasteiger partial charge in [0.15, 0.2) is 0 Å². The molecule has 129 heavy (non-hydrogen) atoms. The van der Waals surface area contributed by atoms with Crippen LogP contribution in [0.1, 0.15) is 389 Å². The number of halogens is 1. The van der Waals surface area contributed by atoms with Crippen LogP contribution < -0.4 is 0 Å². The number of ether oxygens (including phenoxy) is 4. The van der Waals surface area contributed by atoms with Gasteiger partial charge in [-0.3, -0.25) is 0 Å². The van der Waals surface area contributed by atoms with E-state index in [4.69, 9.17) is 18.9 Å². The minimum atomic E-state index is -0.465. The summed E-state index contributed by atoms with van der Waals surface area (Å²) < 4.78 is 21.3. The van der Waals surface area contributed by atoms with Crippen molar-refractivity contribution in [3.8, 4) is 0 Å². The third-order valence-corrected chi connectivity index (χ3v) is 47.9. The van der Waals surface area contributed by atoms with E-state index in [1.807, 2.05) is 0 Å². The lowest BCUT2D eigenvalue weighted by Gasteiger charge is -2.59. The van der Waals surface area contributed by atoms with Crippen molar-refractivity contribution in [2.75, 3.05) is 58.2 Å². The molecule has 0 radical (unpaired) electrons. The highest BCUT2D eigenvalue weighted by Gasteiger charge is 2.67. The summed E-state index contributed by atoms with van der Waals surface area (Å²) in [5, 5.41) is 78.5. The van der Waals surface area contributed by atoms with E-state index < -0.39 is 22.4 Å². The fraction of sp³-hybridized carbons (Fsp3) is 0.922. The number of carbonyl (C=O) groups excluding carboxylic acids is 1. The molecule has 0 aromatic heterocycles. The molecule has 20 aliphatic rings. The van der Waals surface area contributed by atoms with Crippen molar-refractivity contribution < 1.29 is 59.5 Å². The Kier molecular flexibility index (Phi) is 28.8. The van der Waals surface area contributed by atoms with E-state index in [2.05, 4.69) is 179 Å². The van der Waals surface area contributed by atoms with E-state index in [0.717, 1.165) is 251 Å². The summed E-state index contributed by atoms with van der Waals surface area (Å²) in [5.74, 6) is 13.3. The van der Waals surface area contributed by atoms with Crippen molar-refractivity contribution in [3.63, 3.8) is 0 Å². The monoisotopic (exact) mass is 1860 g/mol. The number of hydrogen-bond acceptors (Lipinski definition) is 12. The summed E-state index contributed by atoms with van der Waals surface area (Å²) in [4.78, 5) is 11.5. The molecule has 0 amide bonds. The predicted molar refractivity (Wildman–Crippen MR) is 526 cm³/mol. The standard InChI is InChI=1S/3C29H48O3.C24H38O2.C5H9BrO/c3*1-6-29(31)14-13-27(4)20(15-29)7-8-21-23-10-9-22(28(23,5)12-11-24(21)27)19(2)25(30)16-26(3)17-32-18-26;1-5-24(26)13-12-22(3)17(14-24)6-7-18-20-9-8-19(16(2)15-25)23(20,4)11-10-21(18)22;1-5(2-6)3-7-4-5/h3*7,19,21-25,30-31H,6,8-18H2,1-5H3;6,15-16,18-21,26H,5,7-14H2,1-4H3;2-4H2,1H3/t19-,21-,22+,23-,24-,25+,27-,28+,29-;2*19-,21-,22+,23-,24-,25-,27-,28+,29-;16-,18+,19-,20+,21+,22+,23-,24+;/m0001./s1. The fourth-order valence-electron chi connectivity index (χ4n) is 36.9. The number of fused-ring (bicyclic) bond motifs is 20. The summed E-state index contributed by atoms with van der Waals surface area (Å²) in [6.45, 7) is 53.9. The molecular formula is C116H191BrO12. The molecule has 13 heteroatoms. The zero-order chi connectivity index (χ0) is 92.9. The second-order valence-corrected chi connectivity index (χ2v) is 54.8. The zero-order valence-electron chi connectivity index (χ0n) is 85.7. The first kappa shape index (κ1) is 101. The van der Waals surface area contributed by atoms with Crippen molar-refractivity contribution in [3.05, 3.63) is 46.6 Å². The summed E-state index contributed by atoms with van der Waals surface area (Å²) in [7, 11) is 0. The summed E-state index contributed by atoms with van der Waals surface area (Å²) in [6.07, 6.45) is 55.0.